The summed E-state index contributed by atoms with van der Waals surface area (Å²) in [6, 6.07) is 0. The maximum absolute atomic E-state index is 5.77. The Morgan fingerprint density at radius 2 is 2.00 bits per heavy atom. The van der Waals surface area contributed by atoms with Crippen LogP contribution in [0.3, 0.4) is 0 Å². The van der Waals surface area contributed by atoms with E-state index in [2.05, 4.69) is 13.8 Å². The van der Waals surface area contributed by atoms with Crippen molar-refractivity contribution in [2.75, 3.05) is 6.61 Å². The molecule has 1 saturated carbocycles. The van der Waals surface area contributed by atoms with E-state index >= 15 is 0 Å². The SMILES string of the molecule is CC12CCCC(C)(C1)OC2. The molecule has 2 aliphatic rings. The molecule has 0 amide bonds. The highest BCUT2D eigenvalue weighted by Gasteiger charge is 2.46. The van der Waals surface area contributed by atoms with Crippen LogP contribution in [0.2, 0.25) is 0 Å². The molecule has 0 N–H and O–H groups in total. The molecule has 58 valence electrons. The fourth-order valence-corrected chi connectivity index (χ4v) is 2.56. The molecule has 2 rings (SSSR count). The van der Waals surface area contributed by atoms with Gasteiger partial charge in [-0.1, -0.05) is 6.92 Å². The second kappa shape index (κ2) is 1.76. The third kappa shape index (κ3) is 0.878. The molecule has 2 unspecified atom stereocenters. The zero-order chi connectivity index (χ0) is 7.24. The Kier molecular flexibility index (Phi) is 1.17. The third-order valence-corrected chi connectivity index (χ3v) is 3.06. The molecule has 0 aromatic rings. The van der Waals surface area contributed by atoms with Gasteiger partial charge in [0.1, 0.15) is 0 Å². The van der Waals surface area contributed by atoms with E-state index in [9.17, 15) is 0 Å². The van der Waals surface area contributed by atoms with E-state index in [1.807, 2.05) is 0 Å². The van der Waals surface area contributed by atoms with E-state index < -0.39 is 0 Å². The Labute approximate surface area is 62.8 Å². The molecular formula is C9H16O. The second-order valence-electron chi connectivity index (χ2n) is 4.58. The first-order valence-corrected chi connectivity index (χ1v) is 4.26. The second-order valence-corrected chi connectivity index (χ2v) is 4.58. The molecule has 0 aromatic heterocycles. The van der Waals surface area contributed by atoms with Crippen LogP contribution in [0.1, 0.15) is 39.5 Å². The molecule has 1 nitrogen and oxygen atoms in total. The van der Waals surface area contributed by atoms with Crippen LogP contribution < -0.4 is 0 Å². The van der Waals surface area contributed by atoms with Crippen molar-refractivity contribution < 1.29 is 4.74 Å². The zero-order valence-corrected chi connectivity index (χ0v) is 6.94. The van der Waals surface area contributed by atoms with E-state index in [4.69, 9.17) is 4.74 Å². The fraction of sp³-hybridized carbons (Fsp3) is 1.00. The van der Waals surface area contributed by atoms with Crippen LogP contribution in [0, 0.1) is 5.41 Å². The average molecular weight is 140 g/mol. The average Bonchev–Trinajstić information content (AvgIpc) is 2.03. The van der Waals surface area contributed by atoms with Crippen LogP contribution in [0.5, 0.6) is 0 Å². The summed E-state index contributed by atoms with van der Waals surface area (Å²) in [4.78, 5) is 0. The Bertz CT molecular complexity index is 139. The van der Waals surface area contributed by atoms with Crippen molar-refractivity contribution in [3.05, 3.63) is 0 Å². The lowest BCUT2D eigenvalue weighted by Crippen LogP contribution is -2.29. The smallest absolute Gasteiger partial charge is 0.0660 e. The lowest BCUT2D eigenvalue weighted by atomic mass is 9.73. The number of hydrogen-bond acceptors (Lipinski definition) is 1. The van der Waals surface area contributed by atoms with Crippen molar-refractivity contribution in [1.82, 2.24) is 0 Å². The lowest BCUT2D eigenvalue weighted by molar-refractivity contribution is 0.0148. The van der Waals surface area contributed by atoms with Gasteiger partial charge in [0, 0.05) is 0 Å². The molecular weight excluding hydrogens is 124 g/mol. The Morgan fingerprint density at radius 1 is 1.20 bits per heavy atom. The standard InChI is InChI=1S/C9H16O/c1-8-4-3-5-9(2,6-8)10-7-8/h3-7H2,1-2H3. The van der Waals surface area contributed by atoms with Crippen molar-refractivity contribution >= 4 is 0 Å². The van der Waals surface area contributed by atoms with Gasteiger partial charge in [0.2, 0.25) is 0 Å². The fourth-order valence-electron chi connectivity index (χ4n) is 2.56. The zero-order valence-electron chi connectivity index (χ0n) is 6.94. The predicted molar refractivity (Wildman–Crippen MR) is 40.9 cm³/mol. The molecule has 1 aliphatic heterocycles. The van der Waals surface area contributed by atoms with Crippen LogP contribution in [0.25, 0.3) is 0 Å². The van der Waals surface area contributed by atoms with Gasteiger partial charge in [-0.2, -0.15) is 0 Å². The molecule has 2 atom stereocenters. The molecule has 0 spiro atoms. The maximum atomic E-state index is 5.77. The van der Waals surface area contributed by atoms with Crippen molar-refractivity contribution in [1.29, 1.82) is 0 Å². The summed E-state index contributed by atoms with van der Waals surface area (Å²) in [7, 11) is 0. The maximum Gasteiger partial charge on any atom is 0.0660 e. The highest BCUT2D eigenvalue weighted by Crippen LogP contribution is 2.49. The monoisotopic (exact) mass is 140 g/mol. The minimum absolute atomic E-state index is 0.257. The molecule has 0 radical (unpaired) electrons. The van der Waals surface area contributed by atoms with Crippen LogP contribution in [-0.2, 0) is 4.74 Å². The van der Waals surface area contributed by atoms with Gasteiger partial charge < -0.3 is 4.74 Å². The van der Waals surface area contributed by atoms with Gasteiger partial charge in [-0.05, 0) is 38.0 Å². The van der Waals surface area contributed by atoms with Gasteiger partial charge >= 0.3 is 0 Å². The van der Waals surface area contributed by atoms with Crippen LogP contribution in [0.15, 0.2) is 0 Å². The number of rotatable bonds is 0. The molecule has 2 bridgehead atoms. The summed E-state index contributed by atoms with van der Waals surface area (Å²) in [6.45, 7) is 5.62. The van der Waals surface area contributed by atoms with E-state index in [0.29, 0.717) is 5.41 Å². The van der Waals surface area contributed by atoms with Gasteiger partial charge in [0.25, 0.3) is 0 Å². The summed E-state index contributed by atoms with van der Waals surface area (Å²) < 4.78 is 5.77. The molecule has 2 fully saturated rings. The first-order chi connectivity index (χ1) is 4.62. The topological polar surface area (TPSA) is 9.23 Å². The summed E-state index contributed by atoms with van der Waals surface area (Å²) in [5.74, 6) is 0. The van der Waals surface area contributed by atoms with Crippen LogP contribution in [-0.4, -0.2) is 12.2 Å². The Morgan fingerprint density at radius 3 is 2.60 bits per heavy atom. The van der Waals surface area contributed by atoms with Gasteiger partial charge in [-0.25, -0.2) is 0 Å². The van der Waals surface area contributed by atoms with Gasteiger partial charge in [-0.3, -0.25) is 0 Å². The third-order valence-electron chi connectivity index (χ3n) is 3.06. The summed E-state index contributed by atoms with van der Waals surface area (Å²) in [5, 5.41) is 0. The first kappa shape index (κ1) is 6.66. The molecule has 0 aromatic carbocycles. The largest absolute Gasteiger partial charge is 0.375 e. The minimum atomic E-state index is 0.257. The number of fused-ring (bicyclic) bond motifs is 2. The highest BCUT2D eigenvalue weighted by atomic mass is 16.5. The quantitative estimate of drug-likeness (QED) is 0.502. The number of hydrogen-bond donors (Lipinski definition) is 0. The summed E-state index contributed by atoms with van der Waals surface area (Å²) in [6.07, 6.45) is 5.32. The van der Waals surface area contributed by atoms with Crippen molar-refractivity contribution in [3.8, 4) is 0 Å². The molecule has 10 heavy (non-hydrogen) atoms. The van der Waals surface area contributed by atoms with Gasteiger partial charge in [0.05, 0.1) is 12.2 Å². The summed E-state index contributed by atoms with van der Waals surface area (Å²) >= 11 is 0. The molecule has 1 heterocycles. The number of ether oxygens (including phenoxy) is 1. The van der Waals surface area contributed by atoms with E-state index in [1.54, 1.807) is 0 Å². The lowest BCUT2D eigenvalue weighted by Gasteiger charge is -2.31. The van der Waals surface area contributed by atoms with Crippen molar-refractivity contribution in [3.63, 3.8) is 0 Å². The Hall–Kier alpha value is -0.0400. The predicted octanol–water partition coefficient (Wildman–Crippen LogP) is 2.36. The molecule has 1 saturated heterocycles. The van der Waals surface area contributed by atoms with Crippen LogP contribution >= 0.6 is 0 Å². The van der Waals surface area contributed by atoms with Crippen molar-refractivity contribution in [2.24, 2.45) is 5.41 Å². The van der Waals surface area contributed by atoms with Crippen molar-refractivity contribution in [2.45, 2.75) is 45.1 Å². The first-order valence-electron chi connectivity index (χ1n) is 4.26. The van der Waals surface area contributed by atoms with E-state index in [-0.39, 0.29) is 5.60 Å². The molecule has 1 aliphatic carbocycles. The normalized spacial score (nSPS) is 53.4. The van der Waals surface area contributed by atoms with E-state index in [1.165, 1.54) is 25.7 Å². The van der Waals surface area contributed by atoms with E-state index in [0.717, 1.165) is 6.61 Å². The highest BCUT2D eigenvalue weighted by molar-refractivity contribution is 4.96. The van der Waals surface area contributed by atoms with Gasteiger partial charge in [0.15, 0.2) is 0 Å². The summed E-state index contributed by atoms with van der Waals surface area (Å²) in [5.41, 5.74) is 0.792. The van der Waals surface area contributed by atoms with Gasteiger partial charge in [-0.15, -0.1) is 0 Å². The Balaban J connectivity index is 2.20. The molecule has 1 heteroatoms. The van der Waals surface area contributed by atoms with Crippen LogP contribution in [0.4, 0.5) is 0 Å². The minimum Gasteiger partial charge on any atom is -0.375 e.